The lowest BCUT2D eigenvalue weighted by atomic mass is 10.0. The molecule has 0 aliphatic heterocycles. The lowest BCUT2D eigenvalue weighted by Gasteiger charge is -2.31. The third-order valence-corrected chi connectivity index (χ3v) is 5.49. The van der Waals surface area contributed by atoms with Crippen LogP contribution in [0, 0.1) is 5.82 Å². The van der Waals surface area contributed by atoms with E-state index in [1.54, 1.807) is 30.3 Å². The summed E-state index contributed by atoms with van der Waals surface area (Å²) < 4.78 is 19.5. The fourth-order valence-electron chi connectivity index (χ4n) is 3.54. The summed E-state index contributed by atoms with van der Waals surface area (Å²) in [5.41, 5.74) is 1.69. The molecule has 178 valence electrons. The maximum atomic E-state index is 14.0. The summed E-state index contributed by atoms with van der Waals surface area (Å²) in [4.78, 5) is 28.1. The van der Waals surface area contributed by atoms with Gasteiger partial charge in [0.25, 0.3) is 5.91 Å². The van der Waals surface area contributed by atoms with Gasteiger partial charge in [0, 0.05) is 24.5 Å². The van der Waals surface area contributed by atoms with Crippen molar-refractivity contribution in [3.05, 3.63) is 101 Å². The molecule has 0 aromatic heterocycles. The highest BCUT2D eigenvalue weighted by molar-refractivity contribution is 6.30. The predicted molar refractivity (Wildman–Crippen MR) is 131 cm³/mol. The highest BCUT2D eigenvalue weighted by atomic mass is 35.5. The molecule has 3 aromatic carbocycles. The molecule has 3 rings (SSSR count). The van der Waals surface area contributed by atoms with E-state index in [0.717, 1.165) is 17.5 Å². The van der Waals surface area contributed by atoms with E-state index in [4.69, 9.17) is 16.3 Å². The van der Waals surface area contributed by atoms with Crippen LogP contribution in [0.15, 0.2) is 78.9 Å². The number of nitrogens with one attached hydrogen (secondary N) is 1. The van der Waals surface area contributed by atoms with Gasteiger partial charge in [-0.1, -0.05) is 73.1 Å². The summed E-state index contributed by atoms with van der Waals surface area (Å²) in [6.45, 7) is 2.20. The molecule has 34 heavy (non-hydrogen) atoms. The fourth-order valence-corrected chi connectivity index (χ4v) is 3.75. The summed E-state index contributed by atoms with van der Waals surface area (Å²) in [7, 11) is 0. The molecular formula is C27H28ClFN2O3. The summed E-state index contributed by atoms with van der Waals surface area (Å²) >= 11 is 6.16. The second kappa shape index (κ2) is 12.8. The van der Waals surface area contributed by atoms with E-state index in [9.17, 15) is 14.0 Å². The van der Waals surface area contributed by atoms with Crippen LogP contribution in [-0.2, 0) is 22.6 Å². The largest absolute Gasteiger partial charge is 0.481 e. The first kappa shape index (κ1) is 25.2. The van der Waals surface area contributed by atoms with Gasteiger partial charge in [-0.15, -0.1) is 0 Å². The number of nitrogens with zero attached hydrogens (tertiary/aromatic N) is 1. The Bertz CT molecular complexity index is 1090. The van der Waals surface area contributed by atoms with Crippen molar-refractivity contribution in [2.45, 2.75) is 32.4 Å². The van der Waals surface area contributed by atoms with Gasteiger partial charge in [0.1, 0.15) is 6.04 Å². The molecule has 0 bridgehead atoms. The number of amides is 2. The lowest BCUT2D eigenvalue weighted by Crippen LogP contribution is -2.51. The number of ether oxygens (including phenoxy) is 1. The number of hydrogen-bond acceptors (Lipinski definition) is 3. The van der Waals surface area contributed by atoms with Crippen molar-refractivity contribution in [2.75, 3.05) is 13.2 Å². The molecular weight excluding hydrogens is 455 g/mol. The van der Waals surface area contributed by atoms with Gasteiger partial charge in [0.15, 0.2) is 18.2 Å². The second-order valence-corrected chi connectivity index (χ2v) is 8.30. The first-order chi connectivity index (χ1) is 16.5. The number of halogens is 2. The van der Waals surface area contributed by atoms with Gasteiger partial charge in [-0.05, 0) is 41.8 Å². The molecule has 0 spiro atoms. The van der Waals surface area contributed by atoms with Crippen LogP contribution in [0.3, 0.4) is 0 Å². The fraction of sp³-hybridized carbons (Fsp3) is 0.259. The Labute approximate surface area is 204 Å². The Hall–Kier alpha value is -3.38. The Morgan fingerprint density at radius 2 is 1.71 bits per heavy atom. The van der Waals surface area contributed by atoms with Crippen molar-refractivity contribution in [3.8, 4) is 5.75 Å². The van der Waals surface area contributed by atoms with Gasteiger partial charge in [-0.25, -0.2) is 4.39 Å². The Balaban J connectivity index is 1.90. The monoisotopic (exact) mass is 482 g/mol. The molecule has 0 radical (unpaired) electrons. The average molecular weight is 483 g/mol. The van der Waals surface area contributed by atoms with Crippen molar-refractivity contribution in [1.29, 1.82) is 0 Å². The molecule has 3 aromatic rings. The third-order valence-electron chi connectivity index (χ3n) is 5.25. The number of benzene rings is 3. The van der Waals surface area contributed by atoms with Crippen LogP contribution in [0.2, 0.25) is 5.02 Å². The zero-order valence-corrected chi connectivity index (χ0v) is 19.8. The summed E-state index contributed by atoms with van der Waals surface area (Å²) in [6, 6.07) is 21.7. The molecule has 0 unspecified atom stereocenters. The second-order valence-electron chi connectivity index (χ2n) is 7.87. The third kappa shape index (κ3) is 7.32. The van der Waals surface area contributed by atoms with E-state index >= 15 is 0 Å². The molecule has 0 fully saturated rings. The van der Waals surface area contributed by atoms with Crippen LogP contribution in [0.4, 0.5) is 4.39 Å². The number of hydrogen-bond donors (Lipinski definition) is 1. The van der Waals surface area contributed by atoms with Gasteiger partial charge < -0.3 is 15.0 Å². The maximum absolute atomic E-state index is 14.0. The summed E-state index contributed by atoms with van der Waals surface area (Å²) in [5.74, 6) is -1.27. The minimum atomic E-state index is -0.787. The van der Waals surface area contributed by atoms with Gasteiger partial charge in [-0.3, -0.25) is 9.59 Å². The van der Waals surface area contributed by atoms with Crippen molar-refractivity contribution < 1.29 is 18.7 Å². The van der Waals surface area contributed by atoms with Gasteiger partial charge in [-0.2, -0.15) is 0 Å². The number of carbonyl (C=O) groups is 2. The molecule has 0 aliphatic rings. The van der Waals surface area contributed by atoms with Crippen molar-refractivity contribution in [2.24, 2.45) is 0 Å². The van der Waals surface area contributed by atoms with E-state index in [1.807, 2.05) is 43.3 Å². The topological polar surface area (TPSA) is 58.6 Å². The quantitative estimate of drug-likeness (QED) is 0.417. The molecule has 0 saturated heterocycles. The van der Waals surface area contributed by atoms with Gasteiger partial charge in [0.05, 0.1) is 0 Å². The summed E-state index contributed by atoms with van der Waals surface area (Å²) in [5, 5.41) is 3.44. The van der Waals surface area contributed by atoms with Crippen molar-refractivity contribution in [3.63, 3.8) is 0 Å². The predicted octanol–water partition coefficient (Wildman–Crippen LogP) is 5.02. The van der Waals surface area contributed by atoms with Crippen LogP contribution >= 0.6 is 11.6 Å². The molecule has 5 nitrogen and oxygen atoms in total. The maximum Gasteiger partial charge on any atom is 0.261 e. The molecule has 0 heterocycles. The smallest absolute Gasteiger partial charge is 0.261 e. The average Bonchev–Trinajstić information content (AvgIpc) is 2.84. The first-order valence-corrected chi connectivity index (χ1v) is 11.6. The van der Waals surface area contributed by atoms with Gasteiger partial charge in [0.2, 0.25) is 5.91 Å². The standard InChI is InChI=1S/C27H28ClFN2O3/c1-2-15-30-27(33)24(17-20-9-4-3-5-10-20)31(18-21-11-8-12-22(28)16-21)26(32)19-34-25-14-7-6-13-23(25)29/h3-14,16,24H,2,15,17-19H2,1H3,(H,30,33)/t24-/m0/s1. The molecule has 0 saturated carbocycles. The van der Waals surface area contributed by atoms with Gasteiger partial charge >= 0.3 is 0 Å². The zero-order valence-electron chi connectivity index (χ0n) is 19.0. The van der Waals surface area contributed by atoms with Crippen LogP contribution in [0.1, 0.15) is 24.5 Å². The van der Waals surface area contributed by atoms with Crippen molar-refractivity contribution >= 4 is 23.4 Å². The molecule has 7 heteroatoms. The number of carbonyl (C=O) groups excluding carboxylic acids is 2. The van der Waals surface area contributed by atoms with E-state index < -0.39 is 24.4 Å². The minimum absolute atomic E-state index is 0.0198. The van der Waals surface area contributed by atoms with Crippen LogP contribution in [-0.4, -0.2) is 35.9 Å². The van der Waals surface area contributed by atoms with Crippen LogP contribution < -0.4 is 10.1 Å². The Morgan fingerprint density at radius 3 is 2.41 bits per heavy atom. The highest BCUT2D eigenvalue weighted by Crippen LogP contribution is 2.19. The zero-order chi connectivity index (χ0) is 24.3. The molecule has 1 N–H and O–H groups in total. The van der Waals surface area contributed by atoms with E-state index in [1.165, 1.54) is 17.0 Å². The normalized spacial score (nSPS) is 11.5. The SMILES string of the molecule is CCCNC(=O)[C@H](Cc1ccccc1)N(Cc1cccc(Cl)c1)C(=O)COc1ccccc1F. The Morgan fingerprint density at radius 1 is 1.00 bits per heavy atom. The molecule has 0 aliphatic carbocycles. The van der Waals surface area contributed by atoms with E-state index in [-0.39, 0.29) is 18.2 Å². The molecule has 2 amide bonds. The first-order valence-electron chi connectivity index (χ1n) is 11.2. The highest BCUT2D eigenvalue weighted by Gasteiger charge is 2.30. The number of para-hydroxylation sites is 1. The summed E-state index contributed by atoms with van der Waals surface area (Å²) in [6.07, 6.45) is 1.09. The lowest BCUT2D eigenvalue weighted by molar-refractivity contribution is -0.142. The minimum Gasteiger partial charge on any atom is -0.481 e. The Kier molecular flexibility index (Phi) is 9.47. The van der Waals surface area contributed by atoms with Crippen molar-refractivity contribution in [1.82, 2.24) is 10.2 Å². The van der Waals surface area contributed by atoms with E-state index in [0.29, 0.717) is 18.0 Å². The van der Waals surface area contributed by atoms with Crippen LogP contribution in [0.5, 0.6) is 5.75 Å². The molecule has 1 atom stereocenters. The van der Waals surface area contributed by atoms with E-state index in [2.05, 4.69) is 5.32 Å². The number of rotatable bonds is 11. The van der Waals surface area contributed by atoms with Crippen LogP contribution in [0.25, 0.3) is 0 Å².